The van der Waals surface area contributed by atoms with Crippen molar-refractivity contribution in [3.63, 3.8) is 0 Å². The molecule has 0 heterocycles. The van der Waals surface area contributed by atoms with E-state index in [1.54, 1.807) is 0 Å². The molecule has 110 valence electrons. The third-order valence-electron chi connectivity index (χ3n) is 2.78. The summed E-state index contributed by atoms with van der Waals surface area (Å²) in [5.74, 6) is -0.659. The monoisotopic (exact) mass is 333 g/mol. The molecule has 0 aliphatic rings. The number of hydrogen-bond acceptors (Lipinski definition) is 2. The van der Waals surface area contributed by atoms with Gasteiger partial charge in [0.25, 0.3) is 0 Å². The zero-order valence-corrected chi connectivity index (χ0v) is 11.9. The van der Waals surface area contributed by atoms with E-state index in [1.807, 2.05) is 0 Å². The number of ketones is 1. The van der Waals surface area contributed by atoms with Crippen LogP contribution in [0.25, 0.3) is 0 Å². The van der Waals surface area contributed by atoms with E-state index in [0.717, 1.165) is 18.2 Å². The lowest BCUT2D eigenvalue weighted by Gasteiger charge is -2.10. The van der Waals surface area contributed by atoms with Gasteiger partial charge in [0.2, 0.25) is 0 Å². The molecule has 0 aliphatic heterocycles. The molecule has 0 saturated heterocycles. The van der Waals surface area contributed by atoms with Crippen LogP contribution >= 0.6 is 23.2 Å². The first-order chi connectivity index (χ1) is 9.70. The van der Waals surface area contributed by atoms with Crippen LogP contribution in [-0.2, 0) is 6.18 Å². The van der Waals surface area contributed by atoms with Crippen LogP contribution in [-0.4, -0.2) is 5.78 Å². The SMILES string of the molecule is Nc1cc(Cl)c(C(=O)c2cccc(C(F)(F)F)c2)cc1Cl. The van der Waals surface area contributed by atoms with Gasteiger partial charge in [0.1, 0.15) is 0 Å². The molecule has 0 spiro atoms. The molecule has 0 amide bonds. The minimum atomic E-state index is -4.53. The molecule has 0 atom stereocenters. The Bertz CT molecular complexity index is 714. The molecule has 0 saturated carbocycles. The van der Waals surface area contributed by atoms with Gasteiger partial charge in [0.15, 0.2) is 5.78 Å². The number of alkyl halides is 3. The zero-order chi connectivity index (χ0) is 15.8. The first kappa shape index (κ1) is 15.7. The molecule has 0 fully saturated rings. The Morgan fingerprint density at radius 2 is 1.71 bits per heavy atom. The van der Waals surface area contributed by atoms with Gasteiger partial charge in [0.05, 0.1) is 21.3 Å². The second-order valence-electron chi connectivity index (χ2n) is 4.26. The Kier molecular flexibility index (Phi) is 4.16. The fourth-order valence-electron chi connectivity index (χ4n) is 1.73. The standard InChI is InChI=1S/C14H8Cl2F3NO/c15-10-6-12(20)11(16)5-9(10)13(21)7-2-1-3-8(4-7)14(17,18)19/h1-6H,20H2. The molecular formula is C14H8Cl2F3NO. The van der Waals surface area contributed by atoms with Crippen LogP contribution in [0.5, 0.6) is 0 Å². The lowest BCUT2D eigenvalue weighted by atomic mass is 10.0. The van der Waals surface area contributed by atoms with Crippen LogP contribution in [0.15, 0.2) is 36.4 Å². The third-order valence-corrected chi connectivity index (χ3v) is 3.42. The highest BCUT2D eigenvalue weighted by Crippen LogP contribution is 2.32. The van der Waals surface area contributed by atoms with Gasteiger partial charge in [-0.2, -0.15) is 13.2 Å². The maximum Gasteiger partial charge on any atom is 0.416 e. The van der Waals surface area contributed by atoms with Crippen molar-refractivity contribution < 1.29 is 18.0 Å². The number of nitrogen functional groups attached to an aromatic ring is 1. The van der Waals surface area contributed by atoms with E-state index in [2.05, 4.69) is 0 Å². The van der Waals surface area contributed by atoms with Crippen molar-refractivity contribution in [3.05, 3.63) is 63.1 Å². The Hall–Kier alpha value is -1.72. The van der Waals surface area contributed by atoms with E-state index in [0.29, 0.717) is 0 Å². The average molecular weight is 334 g/mol. The van der Waals surface area contributed by atoms with E-state index < -0.39 is 17.5 Å². The molecule has 2 aromatic carbocycles. The Labute approximate surface area is 128 Å². The minimum Gasteiger partial charge on any atom is -0.397 e. The average Bonchev–Trinajstić information content (AvgIpc) is 2.41. The van der Waals surface area contributed by atoms with Crippen LogP contribution in [0.1, 0.15) is 21.5 Å². The van der Waals surface area contributed by atoms with E-state index >= 15 is 0 Å². The zero-order valence-electron chi connectivity index (χ0n) is 10.3. The molecule has 2 rings (SSSR count). The van der Waals surface area contributed by atoms with Crippen LogP contribution in [0.4, 0.5) is 18.9 Å². The number of carbonyl (C=O) groups excluding carboxylic acids is 1. The molecule has 0 unspecified atom stereocenters. The van der Waals surface area contributed by atoms with Gasteiger partial charge < -0.3 is 5.73 Å². The Morgan fingerprint density at radius 1 is 1.05 bits per heavy atom. The molecular weight excluding hydrogens is 326 g/mol. The summed E-state index contributed by atoms with van der Waals surface area (Å²) in [5.41, 5.74) is 4.67. The van der Waals surface area contributed by atoms with Crippen molar-refractivity contribution in [2.45, 2.75) is 6.18 Å². The summed E-state index contributed by atoms with van der Waals surface area (Å²) in [6.07, 6.45) is -4.53. The summed E-state index contributed by atoms with van der Waals surface area (Å²) in [7, 11) is 0. The van der Waals surface area contributed by atoms with Crippen molar-refractivity contribution in [3.8, 4) is 0 Å². The van der Waals surface area contributed by atoms with Gasteiger partial charge in [0, 0.05) is 11.1 Å². The second kappa shape index (κ2) is 5.58. The smallest absolute Gasteiger partial charge is 0.397 e. The quantitative estimate of drug-likeness (QED) is 0.632. The summed E-state index contributed by atoms with van der Waals surface area (Å²) in [6, 6.07) is 6.60. The highest BCUT2D eigenvalue weighted by Gasteiger charge is 2.31. The summed E-state index contributed by atoms with van der Waals surface area (Å²) >= 11 is 11.7. The number of hydrogen-bond donors (Lipinski definition) is 1. The number of nitrogens with two attached hydrogens (primary N) is 1. The van der Waals surface area contributed by atoms with E-state index in [4.69, 9.17) is 28.9 Å². The normalized spacial score (nSPS) is 11.5. The van der Waals surface area contributed by atoms with Gasteiger partial charge in [-0.1, -0.05) is 35.3 Å². The van der Waals surface area contributed by atoms with Crippen molar-refractivity contribution in [2.75, 3.05) is 5.73 Å². The molecule has 0 aromatic heterocycles. The van der Waals surface area contributed by atoms with Crippen molar-refractivity contribution >= 4 is 34.7 Å². The molecule has 2 aromatic rings. The summed E-state index contributed by atoms with van der Waals surface area (Å²) < 4.78 is 38.0. The predicted octanol–water partition coefficient (Wildman–Crippen LogP) is 4.83. The predicted molar refractivity (Wildman–Crippen MR) is 75.8 cm³/mol. The Morgan fingerprint density at radius 3 is 2.33 bits per heavy atom. The maximum absolute atomic E-state index is 12.7. The minimum absolute atomic E-state index is 0.00445. The fourth-order valence-corrected chi connectivity index (χ4v) is 2.15. The molecule has 0 aliphatic carbocycles. The highest BCUT2D eigenvalue weighted by atomic mass is 35.5. The molecule has 7 heteroatoms. The first-order valence-electron chi connectivity index (χ1n) is 5.66. The summed E-state index contributed by atoms with van der Waals surface area (Å²) in [5, 5.41) is 0.133. The first-order valence-corrected chi connectivity index (χ1v) is 6.42. The van der Waals surface area contributed by atoms with Crippen molar-refractivity contribution in [1.29, 1.82) is 0 Å². The van der Waals surface area contributed by atoms with Crippen molar-refractivity contribution in [2.24, 2.45) is 0 Å². The number of rotatable bonds is 2. The Balaban J connectivity index is 2.48. The molecule has 2 nitrogen and oxygen atoms in total. The lowest BCUT2D eigenvalue weighted by molar-refractivity contribution is -0.137. The topological polar surface area (TPSA) is 43.1 Å². The number of anilines is 1. The van der Waals surface area contributed by atoms with Crippen molar-refractivity contribution in [1.82, 2.24) is 0 Å². The van der Waals surface area contributed by atoms with Gasteiger partial charge in [-0.05, 0) is 24.3 Å². The van der Waals surface area contributed by atoms with E-state index in [-0.39, 0.29) is 26.9 Å². The second-order valence-corrected chi connectivity index (χ2v) is 5.08. The van der Waals surface area contributed by atoms with Gasteiger partial charge in [-0.15, -0.1) is 0 Å². The van der Waals surface area contributed by atoms with Crippen LogP contribution in [0.3, 0.4) is 0 Å². The maximum atomic E-state index is 12.7. The van der Waals surface area contributed by atoms with Crippen LogP contribution < -0.4 is 5.73 Å². The largest absolute Gasteiger partial charge is 0.416 e. The number of carbonyl (C=O) groups is 1. The fraction of sp³-hybridized carbons (Fsp3) is 0.0714. The number of benzene rings is 2. The lowest BCUT2D eigenvalue weighted by Crippen LogP contribution is -2.08. The number of halogens is 5. The summed E-state index contributed by atoms with van der Waals surface area (Å²) in [6.45, 7) is 0. The molecule has 0 bridgehead atoms. The van der Waals surface area contributed by atoms with Gasteiger partial charge >= 0.3 is 6.18 Å². The van der Waals surface area contributed by atoms with Crippen LogP contribution in [0.2, 0.25) is 10.0 Å². The molecule has 0 radical (unpaired) electrons. The third kappa shape index (κ3) is 3.31. The van der Waals surface area contributed by atoms with Gasteiger partial charge in [-0.25, -0.2) is 0 Å². The van der Waals surface area contributed by atoms with Gasteiger partial charge in [-0.3, -0.25) is 4.79 Å². The molecule has 21 heavy (non-hydrogen) atoms. The molecule has 2 N–H and O–H groups in total. The van der Waals surface area contributed by atoms with E-state index in [1.165, 1.54) is 18.2 Å². The van der Waals surface area contributed by atoms with E-state index in [9.17, 15) is 18.0 Å². The summed E-state index contributed by atoms with van der Waals surface area (Å²) in [4.78, 5) is 12.3. The van der Waals surface area contributed by atoms with Crippen LogP contribution in [0, 0.1) is 0 Å². The highest BCUT2D eigenvalue weighted by molar-refractivity contribution is 6.38.